The molecule has 1 aromatic heterocycles. The summed E-state index contributed by atoms with van der Waals surface area (Å²) in [6.45, 7) is 4.91. The maximum absolute atomic E-state index is 12.3. The number of nitriles is 1. The Morgan fingerprint density at radius 1 is 1.31 bits per heavy atom. The van der Waals surface area contributed by atoms with Crippen LogP contribution in [0.5, 0.6) is 0 Å². The number of nitrogens with one attached hydrogen (secondary N) is 2. The fourth-order valence-corrected chi connectivity index (χ4v) is 3.35. The van der Waals surface area contributed by atoms with E-state index in [1.807, 2.05) is 42.8 Å². The SMILES string of the molecule is Cc1nn(CCC#N)c(C)c1CCC(=O)NCc1cccc(NC(=O)C2CC2)c1. The average Bonchev–Trinajstić information content (AvgIpc) is 3.51. The summed E-state index contributed by atoms with van der Waals surface area (Å²) in [7, 11) is 0. The zero-order chi connectivity index (χ0) is 20.8. The second kappa shape index (κ2) is 9.37. The van der Waals surface area contributed by atoms with Gasteiger partial charge in [-0.25, -0.2) is 0 Å². The molecule has 0 bridgehead atoms. The summed E-state index contributed by atoms with van der Waals surface area (Å²) < 4.78 is 1.84. The van der Waals surface area contributed by atoms with E-state index in [9.17, 15) is 9.59 Å². The average molecular weight is 393 g/mol. The summed E-state index contributed by atoms with van der Waals surface area (Å²) in [4.78, 5) is 24.2. The summed E-state index contributed by atoms with van der Waals surface area (Å²) in [5.74, 6) is 0.211. The van der Waals surface area contributed by atoms with Gasteiger partial charge in [0.25, 0.3) is 0 Å². The lowest BCUT2D eigenvalue weighted by molar-refractivity contribution is -0.121. The molecule has 2 N–H and O–H groups in total. The van der Waals surface area contributed by atoms with Gasteiger partial charge < -0.3 is 10.6 Å². The number of amides is 2. The van der Waals surface area contributed by atoms with Gasteiger partial charge >= 0.3 is 0 Å². The van der Waals surface area contributed by atoms with Crippen LogP contribution in [0.15, 0.2) is 24.3 Å². The van der Waals surface area contributed by atoms with Crippen molar-refractivity contribution in [1.29, 1.82) is 5.26 Å². The molecule has 2 amide bonds. The molecule has 0 aliphatic heterocycles. The van der Waals surface area contributed by atoms with E-state index in [-0.39, 0.29) is 17.7 Å². The fourth-order valence-electron chi connectivity index (χ4n) is 3.35. The van der Waals surface area contributed by atoms with Gasteiger partial charge in [0, 0.05) is 30.3 Å². The fraction of sp³-hybridized carbons (Fsp3) is 0.455. The lowest BCUT2D eigenvalue weighted by Gasteiger charge is -2.09. The summed E-state index contributed by atoms with van der Waals surface area (Å²) in [5.41, 5.74) is 4.72. The van der Waals surface area contributed by atoms with Crippen molar-refractivity contribution in [2.24, 2.45) is 5.92 Å². The molecule has 0 spiro atoms. The smallest absolute Gasteiger partial charge is 0.227 e. The minimum atomic E-state index is -0.0269. The van der Waals surface area contributed by atoms with Crippen LogP contribution in [0.1, 0.15) is 48.2 Å². The minimum absolute atomic E-state index is 0.0269. The molecule has 1 fully saturated rings. The van der Waals surface area contributed by atoms with Crippen LogP contribution in [-0.4, -0.2) is 21.6 Å². The summed E-state index contributed by atoms with van der Waals surface area (Å²) in [6.07, 6.45) is 3.36. The van der Waals surface area contributed by atoms with Gasteiger partial charge in [0.1, 0.15) is 0 Å². The highest BCUT2D eigenvalue weighted by Gasteiger charge is 2.29. The largest absolute Gasteiger partial charge is 0.352 e. The van der Waals surface area contributed by atoms with Gasteiger partial charge in [-0.1, -0.05) is 12.1 Å². The number of hydrogen-bond donors (Lipinski definition) is 2. The van der Waals surface area contributed by atoms with Crippen molar-refractivity contribution in [3.63, 3.8) is 0 Å². The first kappa shape index (κ1) is 20.6. The Morgan fingerprint density at radius 2 is 2.10 bits per heavy atom. The van der Waals surface area contributed by atoms with Gasteiger partial charge in [-0.05, 0) is 56.4 Å². The van der Waals surface area contributed by atoms with E-state index in [4.69, 9.17) is 5.26 Å². The number of rotatable bonds is 9. The third-order valence-electron chi connectivity index (χ3n) is 5.20. The van der Waals surface area contributed by atoms with Gasteiger partial charge in [-0.3, -0.25) is 14.3 Å². The van der Waals surface area contributed by atoms with Crippen molar-refractivity contribution >= 4 is 17.5 Å². The highest BCUT2D eigenvalue weighted by atomic mass is 16.2. The molecule has 1 heterocycles. The Morgan fingerprint density at radius 3 is 2.83 bits per heavy atom. The molecule has 1 aromatic carbocycles. The molecular formula is C22H27N5O2. The summed E-state index contributed by atoms with van der Waals surface area (Å²) >= 11 is 0. The Bertz CT molecular complexity index is 937. The van der Waals surface area contributed by atoms with Crippen LogP contribution in [0.4, 0.5) is 5.69 Å². The lowest BCUT2D eigenvalue weighted by Crippen LogP contribution is -2.23. The maximum atomic E-state index is 12.3. The molecular weight excluding hydrogens is 366 g/mol. The van der Waals surface area contributed by atoms with E-state index in [0.29, 0.717) is 32.4 Å². The minimum Gasteiger partial charge on any atom is -0.352 e. The number of nitrogens with zero attached hydrogens (tertiary/aromatic N) is 3. The van der Waals surface area contributed by atoms with Crippen LogP contribution in [0.3, 0.4) is 0 Å². The molecule has 7 nitrogen and oxygen atoms in total. The molecule has 0 atom stereocenters. The first-order valence-corrected chi connectivity index (χ1v) is 10.0. The first-order chi connectivity index (χ1) is 14.0. The number of carbonyl (C=O) groups excluding carboxylic acids is 2. The monoisotopic (exact) mass is 393 g/mol. The number of anilines is 1. The van der Waals surface area contributed by atoms with E-state index >= 15 is 0 Å². The number of benzene rings is 1. The first-order valence-electron chi connectivity index (χ1n) is 10.0. The maximum Gasteiger partial charge on any atom is 0.227 e. The van der Waals surface area contributed by atoms with Gasteiger partial charge in [0.15, 0.2) is 0 Å². The van der Waals surface area contributed by atoms with Gasteiger partial charge in [-0.15, -0.1) is 0 Å². The third kappa shape index (κ3) is 5.67. The van der Waals surface area contributed by atoms with Crippen LogP contribution in [0, 0.1) is 31.1 Å². The number of aromatic nitrogens is 2. The summed E-state index contributed by atoms with van der Waals surface area (Å²) in [6, 6.07) is 9.70. The van der Waals surface area contributed by atoms with Gasteiger partial charge in [0.2, 0.25) is 11.8 Å². The molecule has 1 aliphatic carbocycles. The van der Waals surface area contributed by atoms with E-state index in [0.717, 1.165) is 41.0 Å². The van der Waals surface area contributed by atoms with E-state index in [1.54, 1.807) is 0 Å². The number of carbonyl (C=O) groups is 2. The van der Waals surface area contributed by atoms with Crippen molar-refractivity contribution in [2.45, 2.75) is 59.0 Å². The van der Waals surface area contributed by atoms with Crippen molar-refractivity contribution in [3.05, 3.63) is 46.8 Å². The molecule has 7 heteroatoms. The van der Waals surface area contributed by atoms with Crippen LogP contribution in [0.25, 0.3) is 0 Å². The molecule has 3 rings (SSSR count). The third-order valence-corrected chi connectivity index (χ3v) is 5.20. The molecule has 152 valence electrons. The Hall–Kier alpha value is -3.14. The second-order valence-electron chi connectivity index (χ2n) is 7.52. The zero-order valence-corrected chi connectivity index (χ0v) is 17.0. The quantitative estimate of drug-likeness (QED) is 0.684. The van der Waals surface area contributed by atoms with Crippen molar-refractivity contribution < 1.29 is 9.59 Å². The second-order valence-corrected chi connectivity index (χ2v) is 7.52. The molecule has 0 radical (unpaired) electrons. The van der Waals surface area contributed by atoms with Crippen LogP contribution >= 0.6 is 0 Å². The van der Waals surface area contributed by atoms with Crippen molar-refractivity contribution in [3.8, 4) is 6.07 Å². The summed E-state index contributed by atoms with van der Waals surface area (Å²) in [5, 5.41) is 19.1. The highest BCUT2D eigenvalue weighted by molar-refractivity contribution is 5.94. The zero-order valence-electron chi connectivity index (χ0n) is 17.0. The van der Waals surface area contributed by atoms with Crippen molar-refractivity contribution in [2.75, 3.05) is 5.32 Å². The van der Waals surface area contributed by atoms with Crippen LogP contribution in [-0.2, 0) is 29.1 Å². The topological polar surface area (TPSA) is 99.8 Å². The molecule has 1 saturated carbocycles. The molecule has 29 heavy (non-hydrogen) atoms. The Kier molecular flexibility index (Phi) is 6.65. The molecule has 1 aliphatic rings. The van der Waals surface area contributed by atoms with Crippen molar-refractivity contribution in [1.82, 2.24) is 15.1 Å². The number of hydrogen-bond acceptors (Lipinski definition) is 4. The van der Waals surface area contributed by atoms with E-state index < -0.39 is 0 Å². The number of aryl methyl sites for hydroxylation is 2. The Balaban J connectivity index is 1.48. The molecule has 0 unspecified atom stereocenters. The molecule has 0 saturated heterocycles. The van der Waals surface area contributed by atoms with E-state index in [2.05, 4.69) is 21.8 Å². The predicted molar refractivity (Wildman–Crippen MR) is 110 cm³/mol. The van der Waals surface area contributed by atoms with Crippen LogP contribution in [0.2, 0.25) is 0 Å². The van der Waals surface area contributed by atoms with Crippen LogP contribution < -0.4 is 10.6 Å². The Labute approximate surface area is 171 Å². The molecule has 2 aromatic rings. The predicted octanol–water partition coefficient (Wildman–Crippen LogP) is 3.01. The van der Waals surface area contributed by atoms with E-state index in [1.165, 1.54) is 0 Å². The van der Waals surface area contributed by atoms with Gasteiger partial charge in [-0.2, -0.15) is 10.4 Å². The lowest BCUT2D eigenvalue weighted by atomic mass is 10.1. The normalized spacial score (nSPS) is 13.0. The standard InChI is InChI=1S/C22H27N5O2/c1-15-20(16(2)27(26-15)12-4-11-23)9-10-21(28)24-14-17-5-3-6-19(13-17)25-22(29)18-7-8-18/h3,5-6,13,18H,4,7-10,12,14H2,1-2H3,(H,24,28)(H,25,29). The highest BCUT2D eigenvalue weighted by Crippen LogP contribution is 2.30. The van der Waals surface area contributed by atoms with Gasteiger partial charge in [0.05, 0.1) is 24.7 Å².